The summed E-state index contributed by atoms with van der Waals surface area (Å²) in [6.07, 6.45) is 2.02. The molecule has 5 nitrogen and oxygen atoms in total. The van der Waals surface area contributed by atoms with Crippen molar-refractivity contribution in [1.82, 2.24) is 9.88 Å². The Kier molecular flexibility index (Phi) is 3.93. The maximum atomic E-state index is 5.73. The highest BCUT2D eigenvalue weighted by Crippen LogP contribution is 2.18. The summed E-state index contributed by atoms with van der Waals surface area (Å²) in [6.45, 7) is 2.52. The van der Waals surface area contributed by atoms with Gasteiger partial charge in [0.25, 0.3) is 0 Å². The topological polar surface area (TPSA) is 60.6 Å². The van der Waals surface area contributed by atoms with Gasteiger partial charge in [0.1, 0.15) is 0 Å². The third kappa shape index (κ3) is 2.94. The average molecular weight is 237 g/mol. The first-order valence-electron chi connectivity index (χ1n) is 5.71. The fraction of sp³-hybridized carbons (Fsp3) is 0.583. The van der Waals surface area contributed by atoms with Crippen LogP contribution in [0.25, 0.3) is 0 Å². The van der Waals surface area contributed by atoms with Crippen LogP contribution in [0, 0.1) is 0 Å². The lowest BCUT2D eigenvalue weighted by molar-refractivity contribution is -0.00461. The van der Waals surface area contributed by atoms with Gasteiger partial charge in [-0.05, 0) is 12.1 Å². The fourth-order valence-electron chi connectivity index (χ4n) is 2.21. The van der Waals surface area contributed by atoms with E-state index in [2.05, 4.69) is 9.88 Å². The lowest BCUT2D eigenvalue weighted by atomic mass is 10.3. The molecule has 17 heavy (non-hydrogen) atoms. The molecule has 2 heterocycles. The number of nitrogens with zero attached hydrogens (tertiary/aromatic N) is 2. The predicted molar refractivity (Wildman–Crippen MR) is 65.5 cm³/mol. The first-order valence-corrected chi connectivity index (χ1v) is 5.71. The minimum absolute atomic E-state index is 0.140. The SMILES string of the molecule is COC1CN(Cc2cc(N)ccn2)CC1OC. The molecule has 1 saturated heterocycles. The molecule has 0 amide bonds. The van der Waals surface area contributed by atoms with E-state index in [-0.39, 0.29) is 12.2 Å². The van der Waals surface area contributed by atoms with Gasteiger partial charge in [0.15, 0.2) is 0 Å². The Labute approximate surface area is 102 Å². The predicted octanol–water partition coefficient (Wildman–Crippen LogP) is 0.509. The van der Waals surface area contributed by atoms with E-state index in [4.69, 9.17) is 15.2 Å². The molecule has 0 saturated carbocycles. The molecule has 2 N–H and O–H groups in total. The molecule has 2 unspecified atom stereocenters. The molecule has 0 aliphatic carbocycles. The van der Waals surface area contributed by atoms with Crippen LogP contribution in [0.1, 0.15) is 5.69 Å². The van der Waals surface area contributed by atoms with Crippen molar-refractivity contribution in [1.29, 1.82) is 0 Å². The number of hydrogen-bond acceptors (Lipinski definition) is 5. The first kappa shape index (κ1) is 12.3. The van der Waals surface area contributed by atoms with Gasteiger partial charge in [-0.1, -0.05) is 0 Å². The molecule has 0 radical (unpaired) electrons. The van der Waals surface area contributed by atoms with E-state index >= 15 is 0 Å². The highest BCUT2D eigenvalue weighted by atomic mass is 16.5. The third-order valence-corrected chi connectivity index (χ3v) is 3.12. The molecule has 0 bridgehead atoms. The maximum absolute atomic E-state index is 5.73. The van der Waals surface area contributed by atoms with Crippen LogP contribution in [0.15, 0.2) is 18.3 Å². The van der Waals surface area contributed by atoms with E-state index in [1.807, 2.05) is 6.07 Å². The van der Waals surface area contributed by atoms with Gasteiger partial charge in [-0.2, -0.15) is 0 Å². The number of anilines is 1. The van der Waals surface area contributed by atoms with Crippen LogP contribution in [0.5, 0.6) is 0 Å². The van der Waals surface area contributed by atoms with Crippen LogP contribution in [0.4, 0.5) is 5.69 Å². The van der Waals surface area contributed by atoms with E-state index in [0.717, 1.165) is 31.0 Å². The summed E-state index contributed by atoms with van der Waals surface area (Å²) < 4.78 is 10.8. The van der Waals surface area contributed by atoms with Gasteiger partial charge in [0, 0.05) is 45.7 Å². The Balaban J connectivity index is 1.97. The number of ether oxygens (including phenoxy) is 2. The van der Waals surface area contributed by atoms with E-state index in [0.29, 0.717) is 0 Å². The Morgan fingerprint density at radius 3 is 2.53 bits per heavy atom. The third-order valence-electron chi connectivity index (χ3n) is 3.12. The molecule has 5 heteroatoms. The van der Waals surface area contributed by atoms with Crippen LogP contribution in [0.2, 0.25) is 0 Å². The van der Waals surface area contributed by atoms with Crippen LogP contribution in [-0.2, 0) is 16.0 Å². The summed E-state index contributed by atoms with van der Waals surface area (Å²) in [5.74, 6) is 0. The zero-order chi connectivity index (χ0) is 12.3. The van der Waals surface area contributed by atoms with Crippen molar-refractivity contribution in [3.05, 3.63) is 24.0 Å². The minimum atomic E-state index is 0.140. The number of aromatic nitrogens is 1. The Morgan fingerprint density at radius 2 is 2.00 bits per heavy atom. The monoisotopic (exact) mass is 237 g/mol. The molecule has 2 atom stereocenters. The molecule has 0 aromatic carbocycles. The van der Waals surface area contributed by atoms with Crippen molar-refractivity contribution in [3.63, 3.8) is 0 Å². The smallest absolute Gasteiger partial charge is 0.0971 e. The highest BCUT2D eigenvalue weighted by molar-refractivity contribution is 5.37. The largest absolute Gasteiger partial charge is 0.399 e. The van der Waals surface area contributed by atoms with Crippen molar-refractivity contribution in [2.24, 2.45) is 0 Å². The molecule has 1 aliphatic rings. The molecule has 1 aromatic rings. The second kappa shape index (κ2) is 5.44. The molecular weight excluding hydrogens is 218 g/mol. The molecule has 2 rings (SSSR count). The molecule has 0 spiro atoms. The summed E-state index contributed by atoms with van der Waals surface area (Å²) in [4.78, 5) is 6.57. The van der Waals surface area contributed by atoms with E-state index < -0.39 is 0 Å². The van der Waals surface area contributed by atoms with Crippen LogP contribution in [0.3, 0.4) is 0 Å². The number of methoxy groups -OCH3 is 2. The summed E-state index contributed by atoms with van der Waals surface area (Å²) in [6, 6.07) is 3.70. The quantitative estimate of drug-likeness (QED) is 0.826. The summed E-state index contributed by atoms with van der Waals surface area (Å²) in [5.41, 5.74) is 7.47. The number of nitrogen functional groups attached to an aromatic ring is 1. The van der Waals surface area contributed by atoms with E-state index in [1.165, 1.54) is 0 Å². The summed E-state index contributed by atoms with van der Waals surface area (Å²) in [5, 5.41) is 0. The number of likely N-dealkylation sites (tertiary alicyclic amines) is 1. The van der Waals surface area contributed by atoms with Gasteiger partial charge in [-0.15, -0.1) is 0 Å². The average Bonchev–Trinajstić information content (AvgIpc) is 2.71. The normalized spacial score (nSPS) is 25.3. The van der Waals surface area contributed by atoms with Gasteiger partial charge in [-0.25, -0.2) is 0 Å². The van der Waals surface area contributed by atoms with Crippen molar-refractivity contribution in [3.8, 4) is 0 Å². The van der Waals surface area contributed by atoms with Gasteiger partial charge in [-0.3, -0.25) is 9.88 Å². The molecule has 1 aromatic heterocycles. The van der Waals surface area contributed by atoms with Gasteiger partial charge in [0.05, 0.1) is 17.9 Å². The molecule has 1 aliphatic heterocycles. The highest BCUT2D eigenvalue weighted by Gasteiger charge is 2.32. The lowest BCUT2D eigenvalue weighted by Gasteiger charge is -2.14. The Morgan fingerprint density at radius 1 is 1.35 bits per heavy atom. The number of pyridine rings is 1. The second-order valence-electron chi connectivity index (χ2n) is 4.32. The van der Waals surface area contributed by atoms with Crippen LogP contribution in [-0.4, -0.2) is 49.4 Å². The van der Waals surface area contributed by atoms with Crippen molar-refractivity contribution >= 4 is 5.69 Å². The Bertz CT molecular complexity index is 361. The van der Waals surface area contributed by atoms with Crippen molar-refractivity contribution in [2.75, 3.05) is 33.0 Å². The first-order chi connectivity index (χ1) is 8.22. The Hall–Kier alpha value is -1.17. The molecular formula is C12H19N3O2. The van der Waals surface area contributed by atoms with Gasteiger partial charge in [0.2, 0.25) is 0 Å². The van der Waals surface area contributed by atoms with E-state index in [9.17, 15) is 0 Å². The van der Waals surface area contributed by atoms with Crippen molar-refractivity contribution < 1.29 is 9.47 Å². The summed E-state index contributed by atoms with van der Waals surface area (Å²) in [7, 11) is 3.44. The van der Waals surface area contributed by atoms with Crippen molar-refractivity contribution in [2.45, 2.75) is 18.8 Å². The van der Waals surface area contributed by atoms with Crippen LogP contribution >= 0.6 is 0 Å². The van der Waals surface area contributed by atoms with Gasteiger partial charge < -0.3 is 15.2 Å². The number of hydrogen-bond donors (Lipinski definition) is 1. The maximum Gasteiger partial charge on any atom is 0.0971 e. The standard InChI is InChI=1S/C12H19N3O2/c1-16-11-7-15(8-12(11)17-2)6-10-5-9(13)3-4-14-10/h3-5,11-12H,6-8H2,1-2H3,(H2,13,14). The molecule has 94 valence electrons. The second-order valence-corrected chi connectivity index (χ2v) is 4.32. The minimum Gasteiger partial charge on any atom is -0.399 e. The van der Waals surface area contributed by atoms with Crippen LogP contribution < -0.4 is 5.73 Å². The molecule has 1 fully saturated rings. The summed E-state index contributed by atoms with van der Waals surface area (Å²) >= 11 is 0. The lowest BCUT2D eigenvalue weighted by Crippen LogP contribution is -2.27. The zero-order valence-electron chi connectivity index (χ0n) is 10.3. The number of rotatable bonds is 4. The number of nitrogens with two attached hydrogens (primary N) is 1. The van der Waals surface area contributed by atoms with Gasteiger partial charge >= 0.3 is 0 Å². The van der Waals surface area contributed by atoms with E-state index in [1.54, 1.807) is 26.5 Å². The fourth-order valence-corrected chi connectivity index (χ4v) is 2.21. The zero-order valence-corrected chi connectivity index (χ0v) is 10.3.